The summed E-state index contributed by atoms with van der Waals surface area (Å²) in [7, 11) is 0. The molecule has 1 aromatic carbocycles. The van der Waals surface area contributed by atoms with Gasteiger partial charge >= 0.3 is 0 Å². The van der Waals surface area contributed by atoms with E-state index in [-0.39, 0.29) is 11.9 Å². The standard InChI is InChI=1S/C31H26N6OS/c1-2-21-8-5-10-23(18-21)34-31-32-15-14-26(35-31)29-27-13-3-4-16-37(27)36-30(29)22-9-6-11-24(19-22)33-28(38)20-25-12-7-17-39-25/h2-9,11-19,23H,1,10,20H2,(H,33,38)(H,32,34,35). The lowest BCUT2D eigenvalue weighted by molar-refractivity contribution is -0.115. The van der Waals surface area contributed by atoms with Crippen molar-refractivity contribution in [1.82, 2.24) is 19.6 Å². The zero-order valence-electron chi connectivity index (χ0n) is 21.1. The van der Waals surface area contributed by atoms with E-state index in [1.807, 2.05) is 82.8 Å². The van der Waals surface area contributed by atoms with Crippen LogP contribution in [0.25, 0.3) is 28.0 Å². The largest absolute Gasteiger partial charge is 0.348 e. The Morgan fingerprint density at radius 1 is 1.15 bits per heavy atom. The Morgan fingerprint density at radius 3 is 2.97 bits per heavy atom. The molecule has 4 aromatic heterocycles. The van der Waals surface area contributed by atoms with Crippen LogP contribution >= 0.6 is 11.3 Å². The first-order valence-corrected chi connectivity index (χ1v) is 13.5. The van der Waals surface area contributed by atoms with Gasteiger partial charge in [0.05, 0.1) is 29.2 Å². The first-order valence-electron chi connectivity index (χ1n) is 12.7. The van der Waals surface area contributed by atoms with Gasteiger partial charge in [-0.1, -0.05) is 55.1 Å². The van der Waals surface area contributed by atoms with Crippen molar-refractivity contribution in [2.24, 2.45) is 0 Å². The summed E-state index contributed by atoms with van der Waals surface area (Å²) in [5.74, 6) is 0.492. The van der Waals surface area contributed by atoms with Gasteiger partial charge in [-0.15, -0.1) is 11.3 Å². The van der Waals surface area contributed by atoms with Gasteiger partial charge in [-0.3, -0.25) is 4.79 Å². The summed E-state index contributed by atoms with van der Waals surface area (Å²) in [5.41, 5.74) is 6.03. The van der Waals surface area contributed by atoms with Gasteiger partial charge in [0, 0.05) is 28.5 Å². The maximum atomic E-state index is 12.6. The van der Waals surface area contributed by atoms with E-state index in [1.54, 1.807) is 17.5 Å². The van der Waals surface area contributed by atoms with Gasteiger partial charge in [-0.2, -0.15) is 5.10 Å². The van der Waals surface area contributed by atoms with Crippen molar-refractivity contribution in [2.45, 2.75) is 18.9 Å². The zero-order chi connectivity index (χ0) is 26.6. The molecule has 1 unspecified atom stereocenters. The molecule has 1 aliphatic rings. The van der Waals surface area contributed by atoms with E-state index in [1.165, 1.54) is 0 Å². The van der Waals surface area contributed by atoms with Gasteiger partial charge in [0.15, 0.2) is 0 Å². The molecule has 0 radical (unpaired) electrons. The number of allylic oxidation sites excluding steroid dienone is 3. The molecule has 5 aromatic rings. The Balaban J connectivity index is 1.34. The molecule has 39 heavy (non-hydrogen) atoms. The van der Waals surface area contributed by atoms with Gasteiger partial charge in [0.25, 0.3) is 0 Å². The van der Waals surface area contributed by atoms with Crippen molar-refractivity contribution < 1.29 is 4.79 Å². The maximum absolute atomic E-state index is 12.6. The normalized spacial score (nSPS) is 14.7. The summed E-state index contributed by atoms with van der Waals surface area (Å²) >= 11 is 1.58. The molecule has 0 aliphatic heterocycles. The molecule has 7 nitrogen and oxygen atoms in total. The van der Waals surface area contributed by atoms with Crippen molar-refractivity contribution in [3.05, 3.63) is 120 Å². The van der Waals surface area contributed by atoms with Crippen molar-refractivity contribution in [2.75, 3.05) is 10.6 Å². The van der Waals surface area contributed by atoms with Crippen molar-refractivity contribution >= 4 is 34.4 Å². The number of carbonyl (C=O) groups excluding carboxylic acids is 1. The van der Waals surface area contributed by atoms with E-state index in [0.29, 0.717) is 12.4 Å². The van der Waals surface area contributed by atoms with Crippen LogP contribution in [0.5, 0.6) is 0 Å². The molecule has 0 fully saturated rings. The molecular formula is C31H26N6OS. The molecule has 6 rings (SSSR count). The fourth-order valence-electron chi connectivity index (χ4n) is 4.65. The second kappa shape index (κ2) is 10.9. The van der Waals surface area contributed by atoms with Crippen LogP contribution in [-0.2, 0) is 11.2 Å². The molecule has 0 bridgehead atoms. The van der Waals surface area contributed by atoms with Gasteiger partial charge < -0.3 is 10.6 Å². The average molecular weight is 531 g/mol. The van der Waals surface area contributed by atoms with Gasteiger partial charge in [-0.25, -0.2) is 14.5 Å². The summed E-state index contributed by atoms with van der Waals surface area (Å²) < 4.78 is 1.85. The number of fused-ring (bicyclic) bond motifs is 1. The average Bonchev–Trinajstić information content (AvgIpc) is 3.61. The number of carbonyl (C=O) groups is 1. The number of nitrogens with zero attached hydrogens (tertiary/aromatic N) is 4. The number of rotatable bonds is 8. The third-order valence-electron chi connectivity index (χ3n) is 6.43. The van der Waals surface area contributed by atoms with Crippen molar-refractivity contribution in [1.29, 1.82) is 0 Å². The van der Waals surface area contributed by atoms with Crippen LogP contribution in [0.2, 0.25) is 0 Å². The number of aromatic nitrogens is 4. The molecule has 192 valence electrons. The Kier molecular flexibility index (Phi) is 6.84. The first kappa shape index (κ1) is 24.5. The predicted molar refractivity (Wildman–Crippen MR) is 158 cm³/mol. The smallest absolute Gasteiger partial charge is 0.229 e. The molecule has 1 amide bonds. The van der Waals surface area contributed by atoms with E-state index >= 15 is 0 Å². The number of benzene rings is 1. The number of amides is 1. The van der Waals surface area contributed by atoms with Crippen LogP contribution in [0.3, 0.4) is 0 Å². The minimum Gasteiger partial charge on any atom is -0.348 e. The summed E-state index contributed by atoms with van der Waals surface area (Å²) in [4.78, 5) is 23.0. The molecule has 1 aliphatic carbocycles. The monoisotopic (exact) mass is 530 g/mol. The molecule has 0 saturated carbocycles. The van der Waals surface area contributed by atoms with Crippen LogP contribution in [0.15, 0.2) is 115 Å². The second-order valence-electron chi connectivity index (χ2n) is 9.16. The molecule has 4 heterocycles. The van der Waals surface area contributed by atoms with E-state index in [2.05, 4.69) is 40.4 Å². The summed E-state index contributed by atoms with van der Waals surface area (Å²) in [6.07, 6.45) is 13.0. The van der Waals surface area contributed by atoms with Crippen molar-refractivity contribution in [3.8, 4) is 22.5 Å². The highest BCUT2D eigenvalue weighted by Crippen LogP contribution is 2.35. The van der Waals surface area contributed by atoms with E-state index in [9.17, 15) is 4.79 Å². The number of pyridine rings is 1. The van der Waals surface area contributed by atoms with Gasteiger partial charge in [0.1, 0.15) is 5.69 Å². The van der Waals surface area contributed by atoms with Gasteiger partial charge in [0.2, 0.25) is 11.9 Å². The quantitative estimate of drug-likeness (QED) is 0.238. The third kappa shape index (κ3) is 5.42. The molecule has 0 saturated heterocycles. The van der Waals surface area contributed by atoms with Crippen LogP contribution in [0.4, 0.5) is 11.6 Å². The minimum absolute atomic E-state index is 0.0532. The Hall–Kier alpha value is -4.82. The molecule has 2 N–H and O–H groups in total. The SMILES string of the molecule is C=CC1=CC(Nc2nccc(-c3c(-c4cccc(NC(=O)Cc5cccs5)c4)nn4ccccc34)n2)CC=C1. The number of thiophene rings is 1. The lowest BCUT2D eigenvalue weighted by Crippen LogP contribution is -2.19. The van der Waals surface area contributed by atoms with Crippen LogP contribution < -0.4 is 10.6 Å². The fourth-order valence-corrected chi connectivity index (χ4v) is 5.35. The van der Waals surface area contributed by atoms with Crippen molar-refractivity contribution in [3.63, 3.8) is 0 Å². The molecular weight excluding hydrogens is 504 g/mol. The van der Waals surface area contributed by atoms with Crippen LogP contribution in [-0.4, -0.2) is 31.5 Å². The number of hydrogen-bond donors (Lipinski definition) is 2. The number of nitrogens with one attached hydrogen (secondary N) is 2. The summed E-state index contributed by atoms with van der Waals surface area (Å²) in [5, 5.41) is 13.3. The lowest BCUT2D eigenvalue weighted by atomic mass is 10.0. The number of hydrogen-bond acceptors (Lipinski definition) is 6. The second-order valence-corrected chi connectivity index (χ2v) is 10.2. The summed E-state index contributed by atoms with van der Waals surface area (Å²) in [6.45, 7) is 3.87. The van der Waals surface area contributed by atoms with E-state index < -0.39 is 0 Å². The molecule has 0 spiro atoms. The highest BCUT2D eigenvalue weighted by molar-refractivity contribution is 7.10. The predicted octanol–water partition coefficient (Wildman–Crippen LogP) is 6.55. The number of anilines is 2. The van der Waals surface area contributed by atoms with Crippen LogP contribution in [0, 0.1) is 0 Å². The van der Waals surface area contributed by atoms with E-state index in [0.717, 1.165) is 50.6 Å². The Morgan fingerprint density at radius 2 is 2.10 bits per heavy atom. The Labute approximate surface area is 230 Å². The molecule has 8 heteroatoms. The summed E-state index contributed by atoms with van der Waals surface area (Å²) in [6, 6.07) is 19.6. The van der Waals surface area contributed by atoms with E-state index in [4.69, 9.17) is 10.1 Å². The van der Waals surface area contributed by atoms with Crippen LogP contribution in [0.1, 0.15) is 11.3 Å². The highest BCUT2D eigenvalue weighted by Gasteiger charge is 2.19. The zero-order valence-corrected chi connectivity index (χ0v) is 21.9. The third-order valence-corrected chi connectivity index (χ3v) is 7.31. The minimum atomic E-state index is -0.0532. The first-order chi connectivity index (χ1) is 19.2. The highest BCUT2D eigenvalue weighted by atomic mass is 32.1. The Bertz CT molecular complexity index is 1720. The molecule has 1 atom stereocenters. The topological polar surface area (TPSA) is 84.2 Å². The lowest BCUT2D eigenvalue weighted by Gasteiger charge is -2.17. The maximum Gasteiger partial charge on any atom is 0.229 e. The van der Waals surface area contributed by atoms with Gasteiger partial charge in [-0.05, 0) is 53.8 Å². The fraction of sp³-hybridized carbons (Fsp3) is 0.0968.